The molecule has 2 rings (SSSR count). The second kappa shape index (κ2) is 10.3. The first-order valence-corrected chi connectivity index (χ1v) is 9.21. The van der Waals surface area contributed by atoms with Gasteiger partial charge in [-0.1, -0.05) is 37.4 Å². The molecular weight excluding hydrogens is 351 g/mol. The number of allylic oxidation sites excluding steroid dienone is 1. The lowest BCUT2D eigenvalue weighted by Gasteiger charge is -2.27. The predicted molar refractivity (Wildman–Crippen MR) is 119 cm³/mol. The Bertz CT molecular complexity index is 840. The van der Waals surface area contributed by atoms with Gasteiger partial charge in [0.05, 0.1) is 11.4 Å². The van der Waals surface area contributed by atoms with E-state index >= 15 is 0 Å². The summed E-state index contributed by atoms with van der Waals surface area (Å²) >= 11 is 0. The van der Waals surface area contributed by atoms with E-state index in [1.165, 1.54) is 12.1 Å². The third kappa shape index (κ3) is 6.28. The van der Waals surface area contributed by atoms with E-state index in [9.17, 15) is 4.39 Å². The normalized spacial score (nSPS) is 10.7. The molecule has 0 aliphatic rings. The van der Waals surface area contributed by atoms with Gasteiger partial charge in [0.15, 0.2) is 0 Å². The molecule has 0 aliphatic carbocycles. The molecule has 0 spiro atoms. The average molecular weight is 381 g/mol. The molecule has 0 bridgehead atoms. The van der Waals surface area contributed by atoms with Crippen LogP contribution in [0, 0.1) is 5.82 Å². The molecule has 28 heavy (non-hydrogen) atoms. The molecule has 0 heterocycles. The average Bonchev–Trinajstić information content (AvgIpc) is 2.67. The lowest BCUT2D eigenvalue weighted by molar-refractivity contribution is 0.626. The van der Waals surface area contributed by atoms with Crippen LogP contribution < -0.4 is 21.3 Å². The summed E-state index contributed by atoms with van der Waals surface area (Å²) in [6, 6.07) is 12.7. The second-order valence-electron chi connectivity index (χ2n) is 6.66. The van der Waals surface area contributed by atoms with Crippen molar-refractivity contribution < 1.29 is 4.39 Å². The van der Waals surface area contributed by atoms with Crippen molar-refractivity contribution in [2.24, 2.45) is 5.73 Å². The Balaban J connectivity index is 2.33. The van der Waals surface area contributed by atoms with E-state index in [0.717, 1.165) is 33.9 Å². The first-order valence-electron chi connectivity index (χ1n) is 9.21. The molecular formula is C23H29FN4. The summed E-state index contributed by atoms with van der Waals surface area (Å²) in [6.07, 6.45) is 3.82. The van der Waals surface area contributed by atoms with E-state index < -0.39 is 0 Å². The fraction of sp³-hybridized carbons (Fsp3) is 0.217. The van der Waals surface area contributed by atoms with E-state index in [1.807, 2.05) is 32.2 Å². The van der Waals surface area contributed by atoms with Gasteiger partial charge < -0.3 is 21.3 Å². The van der Waals surface area contributed by atoms with Crippen molar-refractivity contribution in [3.05, 3.63) is 90.4 Å². The number of hydrogen-bond donors (Lipinski definition) is 3. The molecule has 2 aromatic carbocycles. The maximum atomic E-state index is 13.3. The number of nitrogens with one attached hydrogen (secondary N) is 2. The van der Waals surface area contributed by atoms with Gasteiger partial charge in [-0.25, -0.2) is 4.39 Å². The van der Waals surface area contributed by atoms with Gasteiger partial charge in [-0.15, -0.1) is 0 Å². The zero-order chi connectivity index (χ0) is 20.5. The molecule has 4 N–H and O–H groups in total. The molecule has 148 valence electrons. The van der Waals surface area contributed by atoms with Crippen molar-refractivity contribution in [1.29, 1.82) is 0 Å². The van der Waals surface area contributed by atoms with Crippen LogP contribution in [0.15, 0.2) is 79.0 Å². The molecule has 0 amide bonds. The van der Waals surface area contributed by atoms with Crippen LogP contribution >= 0.6 is 0 Å². The Morgan fingerprint density at radius 3 is 2.46 bits per heavy atom. The lowest BCUT2D eigenvalue weighted by Crippen LogP contribution is -2.25. The Hall–Kier alpha value is -3.05. The maximum absolute atomic E-state index is 13.3. The van der Waals surface area contributed by atoms with Crippen molar-refractivity contribution in [2.45, 2.75) is 13.5 Å². The number of rotatable bonds is 10. The van der Waals surface area contributed by atoms with Crippen LogP contribution in [0.4, 0.5) is 21.5 Å². The van der Waals surface area contributed by atoms with Crippen molar-refractivity contribution in [2.75, 3.05) is 35.7 Å². The predicted octanol–water partition coefficient (Wildman–Crippen LogP) is 4.89. The molecule has 0 saturated carbocycles. The van der Waals surface area contributed by atoms with Gasteiger partial charge >= 0.3 is 0 Å². The highest BCUT2D eigenvalue weighted by atomic mass is 19.1. The molecule has 0 unspecified atom stereocenters. The molecule has 2 aromatic rings. The van der Waals surface area contributed by atoms with E-state index in [-0.39, 0.29) is 5.82 Å². The minimum Gasteiger partial charge on any atom is -0.386 e. The summed E-state index contributed by atoms with van der Waals surface area (Å²) in [5.41, 5.74) is 11.3. The van der Waals surface area contributed by atoms with Gasteiger partial charge in [0, 0.05) is 38.1 Å². The fourth-order valence-corrected chi connectivity index (χ4v) is 2.86. The molecule has 5 heteroatoms. The highest BCUT2D eigenvalue weighted by Crippen LogP contribution is 2.29. The zero-order valence-corrected chi connectivity index (χ0v) is 16.6. The molecule has 4 nitrogen and oxygen atoms in total. The molecule has 0 saturated heterocycles. The fourth-order valence-electron chi connectivity index (χ4n) is 2.86. The van der Waals surface area contributed by atoms with Crippen LogP contribution in [0.25, 0.3) is 0 Å². The van der Waals surface area contributed by atoms with Gasteiger partial charge in [0.1, 0.15) is 5.82 Å². The van der Waals surface area contributed by atoms with Gasteiger partial charge in [-0.3, -0.25) is 0 Å². The van der Waals surface area contributed by atoms with Crippen LogP contribution in [-0.2, 0) is 6.54 Å². The first kappa shape index (κ1) is 21.3. The van der Waals surface area contributed by atoms with Crippen LogP contribution in [0.1, 0.15) is 12.5 Å². The molecule has 0 atom stereocenters. The highest BCUT2D eigenvalue weighted by Gasteiger charge is 2.11. The number of hydrogen-bond acceptors (Lipinski definition) is 4. The Morgan fingerprint density at radius 2 is 1.86 bits per heavy atom. The zero-order valence-electron chi connectivity index (χ0n) is 16.6. The van der Waals surface area contributed by atoms with Crippen molar-refractivity contribution in [3.63, 3.8) is 0 Å². The van der Waals surface area contributed by atoms with Gasteiger partial charge in [0.2, 0.25) is 0 Å². The largest absolute Gasteiger partial charge is 0.386 e. The first-order chi connectivity index (χ1) is 13.4. The number of nitrogens with zero attached hydrogens (tertiary/aromatic N) is 1. The summed E-state index contributed by atoms with van der Waals surface area (Å²) in [4.78, 5) is 2.20. The standard InChI is InChI=1S/C23H29FN4/c1-17(2)27-22-12-11-21(14-23(22)26-4)28(15-18(3)6-5-13-25)16-19-7-9-20(24)10-8-19/h5-12,14,26-27H,1,3,13,15-16,25H2,2,4H3/b6-5+. The second-order valence-corrected chi connectivity index (χ2v) is 6.66. The Morgan fingerprint density at radius 1 is 1.14 bits per heavy atom. The molecule has 0 radical (unpaired) electrons. The Labute approximate surface area is 167 Å². The summed E-state index contributed by atoms with van der Waals surface area (Å²) in [7, 11) is 1.88. The van der Waals surface area contributed by atoms with Crippen LogP contribution in [0.5, 0.6) is 0 Å². The molecule has 0 aromatic heterocycles. The lowest BCUT2D eigenvalue weighted by atomic mass is 10.1. The van der Waals surface area contributed by atoms with E-state index in [1.54, 1.807) is 12.1 Å². The number of nitrogens with two attached hydrogens (primary N) is 1. The SMILES string of the molecule is C=C(/C=C/CN)CN(Cc1ccc(F)cc1)c1ccc(NC(=C)C)c(NC)c1. The van der Waals surface area contributed by atoms with E-state index in [4.69, 9.17) is 5.73 Å². The van der Waals surface area contributed by atoms with Crippen molar-refractivity contribution in [1.82, 2.24) is 0 Å². The van der Waals surface area contributed by atoms with Gasteiger partial charge in [-0.2, -0.15) is 0 Å². The smallest absolute Gasteiger partial charge is 0.123 e. The molecule has 0 fully saturated rings. The number of benzene rings is 2. The summed E-state index contributed by atoms with van der Waals surface area (Å²) in [5, 5.41) is 6.48. The van der Waals surface area contributed by atoms with Gasteiger partial charge in [-0.05, 0) is 48.4 Å². The van der Waals surface area contributed by atoms with Crippen LogP contribution in [0.3, 0.4) is 0 Å². The molecule has 0 aliphatic heterocycles. The highest BCUT2D eigenvalue weighted by molar-refractivity contribution is 5.75. The number of anilines is 3. The minimum absolute atomic E-state index is 0.238. The van der Waals surface area contributed by atoms with Crippen molar-refractivity contribution >= 4 is 17.1 Å². The summed E-state index contributed by atoms with van der Waals surface area (Å²) in [6.45, 7) is 11.7. The van der Waals surface area contributed by atoms with E-state index in [2.05, 4.69) is 40.8 Å². The minimum atomic E-state index is -0.238. The number of halogens is 1. The third-order valence-electron chi connectivity index (χ3n) is 4.16. The third-order valence-corrected chi connectivity index (χ3v) is 4.16. The summed E-state index contributed by atoms with van der Waals surface area (Å²) in [5.74, 6) is -0.238. The van der Waals surface area contributed by atoms with E-state index in [0.29, 0.717) is 19.6 Å². The topological polar surface area (TPSA) is 53.3 Å². The maximum Gasteiger partial charge on any atom is 0.123 e. The summed E-state index contributed by atoms with van der Waals surface area (Å²) < 4.78 is 13.3. The van der Waals surface area contributed by atoms with Crippen LogP contribution in [-0.4, -0.2) is 20.1 Å². The van der Waals surface area contributed by atoms with Crippen LogP contribution in [0.2, 0.25) is 0 Å². The van der Waals surface area contributed by atoms with Gasteiger partial charge in [0.25, 0.3) is 0 Å². The Kier molecular flexibility index (Phi) is 7.84. The quantitative estimate of drug-likeness (QED) is 0.514. The monoisotopic (exact) mass is 380 g/mol. The van der Waals surface area contributed by atoms with Crippen molar-refractivity contribution in [3.8, 4) is 0 Å².